The van der Waals surface area contributed by atoms with E-state index < -0.39 is 5.54 Å². The Kier molecular flexibility index (Phi) is 2.99. The zero-order valence-electron chi connectivity index (χ0n) is 11.2. The minimum absolute atomic E-state index is 0.280. The number of nitrogens with zero attached hydrogens (tertiary/aromatic N) is 1. The highest BCUT2D eigenvalue weighted by molar-refractivity contribution is 5.86. The first-order chi connectivity index (χ1) is 9.59. The van der Waals surface area contributed by atoms with Crippen molar-refractivity contribution in [2.45, 2.75) is 12.5 Å². The number of hydrogen-bond acceptors (Lipinski definition) is 2. The summed E-state index contributed by atoms with van der Waals surface area (Å²) in [7, 11) is 0. The van der Waals surface area contributed by atoms with Crippen LogP contribution in [-0.2, 0) is 5.54 Å². The van der Waals surface area contributed by atoms with Gasteiger partial charge in [0.2, 0.25) is 0 Å². The molecule has 0 bridgehead atoms. The lowest BCUT2D eigenvalue weighted by atomic mass is 9.83. The molecule has 100 valence electrons. The van der Waals surface area contributed by atoms with Crippen molar-refractivity contribution in [3.8, 4) is 0 Å². The highest BCUT2D eigenvalue weighted by atomic mass is 19.1. The maximum Gasteiger partial charge on any atom is 0.123 e. The number of halogens is 1. The Hall–Kier alpha value is -2.26. The van der Waals surface area contributed by atoms with Gasteiger partial charge in [-0.2, -0.15) is 0 Å². The van der Waals surface area contributed by atoms with Crippen LogP contribution in [0.1, 0.15) is 18.1 Å². The molecule has 1 aromatic heterocycles. The summed E-state index contributed by atoms with van der Waals surface area (Å²) in [5, 5.41) is 2.06. The van der Waals surface area contributed by atoms with E-state index in [9.17, 15) is 4.39 Å². The number of pyridine rings is 1. The molecule has 1 unspecified atom stereocenters. The average Bonchev–Trinajstić information content (AvgIpc) is 2.46. The molecular formula is C17H15FN2. The van der Waals surface area contributed by atoms with Crippen LogP contribution in [0.4, 0.5) is 4.39 Å². The second-order valence-corrected chi connectivity index (χ2v) is 5.12. The molecule has 0 aliphatic carbocycles. The molecule has 20 heavy (non-hydrogen) atoms. The molecule has 0 saturated heterocycles. The van der Waals surface area contributed by atoms with Crippen LogP contribution < -0.4 is 5.73 Å². The SMILES string of the molecule is CC(N)(c1cccc(F)c1)c1cccc2ccncc12. The molecule has 3 heteroatoms. The van der Waals surface area contributed by atoms with Crippen molar-refractivity contribution in [1.29, 1.82) is 0 Å². The van der Waals surface area contributed by atoms with E-state index in [0.29, 0.717) is 0 Å². The predicted molar refractivity (Wildman–Crippen MR) is 78.8 cm³/mol. The summed E-state index contributed by atoms with van der Waals surface area (Å²) in [4.78, 5) is 4.17. The van der Waals surface area contributed by atoms with Crippen molar-refractivity contribution in [3.63, 3.8) is 0 Å². The van der Waals surface area contributed by atoms with Gasteiger partial charge in [0.25, 0.3) is 0 Å². The number of nitrogens with two attached hydrogens (primary N) is 1. The van der Waals surface area contributed by atoms with E-state index in [0.717, 1.165) is 21.9 Å². The van der Waals surface area contributed by atoms with E-state index in [1.807, 2.05) is 37.3 Å². The van der Waals surface area contributed by atoms with E-state index >= 15 is 0 Å². The third kappa shape index (κ3) is 2.06. The highest BCUT2D eigenvalue weighted by Gasteiger charge is 2.26. The fourth-order valence-electron chi connectivity index (χ4n) is 2.53. The van der Waals surface area contributed by atoms with Crippen LogP contribution in [0.25, 0.3) is 10.8 Å². The van der Waals surface area contributed by atoms with E-state index in [-0.39, 0.29) is 5.82 Å². The molecule has 0 aliphatic heterocycles. The standard InChI is InChI=1S/C17H15FN2/c1-17(19,13-5-3-6-14(18)10-13)16-7-2-4-12-8-9-20-11-15(12)16/h2-11H,19H2,1H3. The highest BCUT2D eigenvalue weighted by Crippen LogP contribution is 2.31. The molecular weight excluding hydrogens is 251 g/mol. The van der Waals surface area contributed by atoms with Crippen LogP contribution in [0.2, 0.25) is 0 Å². The Labute approximate surface area is 117 Å². The van der Waals surface area contributed by atoms with Gasteiger partial charge in [-0.15, -0.1) is 0 Å². The smallest absolute Gasteiger partial charge is 0.123 e. The maximum absolute atomic E-state index is 13.5. The van der Waals surface area contributed by atoms with Gasteiger partial charge in [-0.25, -0.2) is 4.39 Å². The topological polar surface area (TPSA) is 38.9 Å². The first kappa shape index (κ1) is 12.8. The number of benzene rings is 2. The van der Waals surface area contributed by atoms with Crippen LogP contribution in [0.3, 0.4) is 0 Å². The Balaban J connectivity index is 2.23. The van der Waals surface area contributed by atoms with Gasteiger partial charge in [-0.05, 0) is 41.6 Å². The Morgan fingerprint density at radius 1 is 1.10 bits per heavy atom. The summed E-state index contributed by atoms with van der Waals surface area (Å²) in [5.41, 5.74) is 7.41. The van der Waals surface area contributed by atoms with Crippen molar-refractivity contribution in [2.75, 3.05) is 0 Å². The summed E-state index contributed by atoms with van der Waals surface area (Å²) in [5.74, 6) is -0.280. The predicted octanol–water partition coefficient (Wildman–Crippen LogP) is 3.60. The van der Waals surface area contributed by atoms with Crippen LogP contribution in [0.5, 0.6) is 0 Å². The van der Waals surface area contributed by atoms with Gasteiger partial charge in [0.15, 0.2) is 0 Å². The molecule has 1 atom stereocenters. The van der Waals surface area contributed by atoms with Crippen molar-refractivity contribution < 1.29 is 4.39 Å². The Morgan fingerprint density at radius 3 is 2.70 bits per heavy atom. The van der Waals surface area contributed by atoms with Crippen molar-refractivity contribution >= 4 is 10.8 Å². The van der Waals surface area contributed by atoms with Gasteiger partial charge in [0, 0.05) is 17.8 Å². The van der Waals surface area contributed by atoms with E-state index in [4.69, 9.17) is 5.73 Å². The lowest BCUT2D eigenvalue weighted by Crippen LogP contribution is -2.34. The second kappa shape index (κ2) is 4.69. The van der Waals surface area contributed by atoms with E-state index in [1.54, 1.807) is 18.5 Å². The molecule has 3 aromatic rings. The summed E-state index contributed by atoms with van der Waals surface area (Å²) in [6, 6.07) is 14.3. The van der Waals surface area contributed by atoms with Crippen LogP contribution in [0.15, 0.2) is 60.9 Å². The van der Waals surface area contributed by atoms with Crippen molar-refractivity contribution in [3.05, 3.63) is 77.9 Å². The van der Waals surface area contributed by atoms with Gasteiger partial charge < -0.3 is 5.73 Å². The van der Waals surface area contributed by atoms with Gasteiger partial charge >= 0.3 is 0 Å². The molecule has 2 aromatic carbocycles. The molecule has 3 rings (SSSR count). The quantitative estimate of drug-likeness (QED) is 0.769. The fourth-order valence-corrected chi connectivity index (χ4v) is 2.53. The number of hydrogen-bond donors (Lipinski definition) is 1. The molecule has 0 saturated carbocycles. The molecule has 2 nitrogen and oxygen atoms in total. The Bertz CT molecular complexity index is 760. The summed E-state index contributed by atoms with van der Waals surface area (Å²) >= 11 is 0. The first-order valence-corrected chi connectivity index (χ1v) is 6.47. The maximum atomic E-state index is 13.5. The van der Waals surface area contributed by atoms with Crippen LogP contribution in [0, 0.1) is 5.82 Å². The summed E-state index contributed by atoms with van der Waals surface area (Å²) in [6.45, 7) is 1.89. The van der Waals surface area contributed by atoms with Crippen LogP contribution >= 0.6 is 0 Å². The van der Waals surface area contributed by atoms with Crippen LogP contribution in [-0.4, -0.2) is 4.98 Å². The third-order valence-corrected chi connectivity index (χ3v) is 3.67. The normalized spacial score (nSPS) is 14.2. The number of fused-ring (bicyclic) bond motifs is 1. The molecule has 0 fully saturated rings. The molecule has 2 N–H and O–H groups in total. The van der Waals surface area contributed by atoms with E-state index in [1.165, 1.54) is 12.1 Å². The number of rotatable bonds is 2. The molecule has 0 amide bonds. The molecule has 1 heterocycles. The largest absolute Gasteiger partial charge is 0.318 e. The van der Waals surface area contributed by atoms with Crippen molar-refractivity contribution in [1.82, 2.24) is 4.98 Å². The second-order valence-electron chi connectivity index (χ2n) is 5.12. The fraction of sp³-hybridized carbons (Fsp3) is 0.118. The van der Waals surface area contributed by atoms with Gasteiger partial charge in [-0.3, -0.25) is 4.98 Å². The van der Waals surface area contributed by atoms with Crippen molar-refractivity contribution in [2.24, 2.45) is 5.73 Å². The van der Waals surface area contributed by atoms with Gasteiger partial charge in [-0.1, -0.05) is 30.3 Å². The lowest BCUT2D eigenvalue weighted by Gasteiger charge is -2.27. The molecule has 0 radical (unpaired) electrons. The zero-order chi connectivity index (χ0) is 14.2. The minimum Gasteiger partial charge on any atom is -0.318 e. The molecule has 0 spiro atoms. The average molecular weight is 266 g/mol. The van der Waals surface area contributed by atoms with Gasteiger partial charge in [0.05, 0.1) is 5.54 Å². The summed E-state index contributed by atoms with van der Waals surface area (Å²) in [6.07, 6.45) is 3.55. The minimum atomic E-state index is -0.773. The van der Waals surface area contributed by atoms with E-state index in [2.05, 4.69) is 4.98 Å². The Morgan fingerprint density at radius 2 is 1.90 bits per heavy atom. The van der Waals surface area contributed by atoms with Gasteiger partial charge in [0.1, 0.15) is 5.82 Å². The third-order valence-electron chi connectivity index (χ3n) is 3.67. The lowest BCUT2D eigenvalue weighted by molar-refractivity contribution is 0.585. The first-order valence-electron chi connectivity index (χ1n) is 6.47. The molecule has 0 aliphatic rings. The monoisotopic (exact) mass is 266 g/mol. The number of aromatic nitrogens is 1. The zero-order valence-corrected chi connectivity index (χ0v) is 11.2. The summed E-state index contributed by atoms with van der Waals surface area (Å²) < 4.78 is 13.5.